The molecule has 1 fully saturated rings. The normalized spacial score (nSPS) is 18.9. The predicted molar refractivity (Wildman–Crippen MR) is 150 cm³/mol. The minimum atomic E-state index is -4.95. The number of aryl methyl sites for hydroxylation is 2. The molecule has 216 valence electrons. The van der Waals surface area contributed by atoms with E-state index >= 15 is 0 Å². The van der Waals surface area contributed by atoms with Crippen LogP contribution in [0.2, 0.25) is 0 Å². The second-order valence-electron chi connectivity index (χ2n) is 11.4. The number of fused-ring (bicyclic) bond motifs is 6. The van der Waals surface area contributed by atoms with Crippen molar-refractivity contribution in [1.29, 1.82) is 0 Å². The number of nitrogens with zero attached hydrogens (tertiary/aromatic N) is 2. The van der Waals surface area contributed by atoms with Crippen LogP contribution >= 0.6 is 0 Å². The van der Waals surface area contributed by atoms with Crippen LogP contribution in [0, 0.1) is 6.92 Å². The van der Waals surface area contributed by atoms with Gasteiger partial charge in [-0.15, -0.1) is 0 Å². The highest BCUT2D eigenvalue weighted by Crippen LogP contribution is 2.67. The van der Waals surface area contributed by atoms with Crippen LogP contribution in [0.3, 0.4) is 0 Å². The Morgan fingerprint density at radius 1 is 0.651 bits per heavy atom. The molecule has 3 aromatic carbocycles. The fourth-order valence-electron chi connectivity index (χ4n) is 6.76. The van der Waals surface area contributed by atoms with Gasteiger partial charge < -0.3 is 0 Å². The van der Waals surface area contributed by atoms with E-state index < -0.39 is 29.4 Å². The van der Waals surface area contributed by atoms with E-state index in [1.54, 1.807) is 12.1 Å². The van der Waals surface area contributed by atoms with Gasteiger partial charge in [0, 0.05) is 29.3 Å². The molecular formula is C35H26F6N2+2. The zero-order valence-electron chi connectivity index (χ0n) is 23.2. The van der Waals surface area contributed by atoms with Gasteiger partial charge >= 0.3 is 12.4 Å². The maximum absolute atomic E-state index is 14.5. The number of benzene rings is 3. The van der Waals surface area contributed by atoms with Crippen molar-refractivity contribution in [3.8, 4) is 33.6 Å². The molecule has 2 nitrogen and oxygen atoms in total. The molecule has 5 aromatic rings. The number of pyridine rings is 2. The lowest BCUT2D eigenvalue weighted by Crippen LogP contribution is -2.39. The SMILES string of the molecule is Cc1ccc2[n+](c1)C1C(c3ccccc3-c3cc(-c4ccccc4)cc[n+]3C)C1c1c-2cc(C(F)(F)F)cc1C(F)(F)F. The van der Waals surface area contributed by atoms with E-state index in [1.807, 2.05) is 96.2 Å². The highest BCUT2D eigenvalue weighted by atomic mass is 19.4. The van der Waals surface area contributed by atoms with Crippen molar-refractivity contribution < 1.29 is 35.5 Å². The third kappa shape index (κ3) is 4.51. The van der Waals surface area contributed by atoms with Crippen LogP contribution in [0.5, 0.6) is 0 Å². The number of aromatic nitrogens is 2. The van der Waals surface area contributed by atoms with Crippen LogP contribution < -0.4 is 9.13 Å². The summed E-state index contributed by atoms with van der Waals surface area (Å²) in [7, 11) is 1.92. The highest BCUT2D eigenvalue weighted by Gasteiger charge is 2.66. The Hall–Kier alpha value is -4.46. The van der Waals surface area contributed by atoms with E-state index in [0.717, 1.165) is 39.6 Å². The first kappa shape index (κ1) is 27.4. The summed E-state index contributed by atoms with van der Waals surface area (Å²) in [5, 5.41) is 0. The highest BCUT2D eigenvalue weighted by molar-refractivity contribution is 5.74. The number of halogens is 6. The lowest BCUT2D eigenvalue weighted by atomic mass is 9.88. The summed E-state index contributed by atoms with van der Waals surface area (Å²) in [5.41, 5.74) is 3.29. The fourth-order valence-corrected chi connectivity index (χ4v) is 6.76. The van der Waals surface area contributed by atoms with E-state index in [2.05, 4.69) is 6.07 Å². The van der Waals surface area contributed by atoms with Gasteiger partial charge in [0.25, 0.3) is 0 Å². The van der Waals surface area contributed by atoms with Gasteiger partial charge in [0.15, 0.2) is 18.4 Å². The van der Waals surface area contributed by atoms with Gasteiger partial charge in [0.2, 0.25) is 11.4 Å². The zero-order valence-corrected chi connectivity index (χ0v) is 23.2. The topological polar surface area (TPSA) is 7.76 Å². The average molecular weight is 589 g/mol. The largest absolute Gasteiger partial charge is 0.416 e. The molecule has 0 saturated heterocycles. The monoisotopic (exact) mass is 588 g/mol. The van der Waals surface area contributed by atoms with Gasteiger partial charge in [-0.25, -0.2) is 4.57 Å². The molecule has 0 radical (unpaired) electrons. The molecule has 0 bridgehead atoms. The molecule has 8 heteroatoms. The van der Waals surface area contributed by atoms with Crippen LogP contribution in [0.4, 0.5) is 26.3 Å². The van der Waals surface area contributed by atoms with Gasteiger partial charge in [-0.2, -0.15) is 30.9 Å². The van der Waals surface area contributed by atoms with Crippen molar-refractivity contribution in [3.05, 3.63) is 131 Å². The quantitative estimate of drug-likeness (QED) is 0.147. The number of alkyl halides is 6. The summed E-state index contributed by atoms with van der Waals surface area (Å²) in [5.74, 6) is -1.02. The Kier molecular flexibility index (Phi) is 6.06. The molecule has 43 heavy (non-hydrogen) atoms. The minimum absolute atomic E-state index is 0.0139. The summed E-state index contributed by atoms with van der Waals surface area (Å²) in [6.45, 7) is 1.87. The van der Waals surface area contributed by atoms with Crippen molar-refractivity contribution in [2.45, 2.75) is 37.2 Å². The maximum atomic E-state index is 14.5. The van der Waals surface area contributed by atoms with Crippen molar-refractivity contribution in [1.82, 2.24) is 0 Å². The predicted octanol–water partition coefficient (Wildman–Crippen LogP) is 8.58. The Balaban J connectivity index is 1.44. The van der Waals surface area contributed by atoms with E-state index in [4.69, 9.17) is 0 Å². The summed E-state index contributed by atoms with van der Waals surface area (Å²) in [6, 6.07) is 25.8. The Morgan fingerprint density at radius 2 is 1.37 bits per heavy atom. The number of hydrogen-bond donors (Lipinski definition) is 0. The Morgan fingerprint density at radius 3 is 2.09 bits per heavy atom. The molecule has 2 aliphatic rings. The second-order valence-corrected chi connectivity index (χ2v) is 11.4. The van der Waals surface area contributed by atoms with Crippen molar-refractivity contribution in [2.24, 2.45) is 7.05 Å². The first-order valence-corrected chi connectivity index (χ1v) is 13.9. The van der Waals surface area contributed by atoms with E-state index in [0.29, 0.717) is 5.69 Å². The zero-order chi connectivity index (χ0) is 30.3. The van der Waals surface area contributed by atoms with Gasteiger partial charge in [-0.05, 0) is 53.4 Å². The molecule has 2 aromatic heterocycles. The standard InChI is InChI=1S/C35H26F6N2/c1-20-12-13-28-26-17-23(34(36,37)38)18-27(35(39,40)41)30(26)32-31(33(32)43(28)19-20)25-11-7-6-10-24(25)29-16-22(14-15-42(29)2)21-8-4-3-5-9-21/h3-19,31-33H,1-2H3/q+2. The molecule has 7 rings (SSSR count). The third-order valence-corrected chi connectivity index (χ3v) is 8.70. The first-order valence-electron chi connectivity index (χ1n) is 13.9. The molecule has 0 N–H and O–H groups in total. The molecule has 1 aliphatic carbocycles. The van der Waals surface area contributed by atoms with Gasteiger partial charge in [-0.3, -0.25) is 0 Å². The number of rotatable bonds is 3. The van der Waals surface area contributed by atoms with Crippen LogP contribution in [0.1, 0.15) is 45.7 Å². The molecule has 1 aliphatic heterocycles. The van der Waals surface area contributed by atoms with Gasteiger partial charge in [0.05, 0.1) is 28.5 Å². The first-order chi connectivity index (χ1) is 20.4. The molecule has 3 atom stereocenters. The lowest BCUT2D eigenvalue weighted by Gasteiger charge is -2.21. The summed E-state index contributed by atoms with van der Waals surface area (Å²) >= 11 is 0. The van der Waals surface area contributed by atoms with Crippen LogP contribution in [0.25, 0.3) is 33.6 Å². The van der Waals surface area contributed by atoms with E-state index in [1.165, 1.54) is 0 Å². The summed E-state index contributed by atoms with van der Waals surface area (Å²) in [4.78, 5) is 0. The molecule has 3 heterocycles. The summed E-state index contributed by atoms with van der Waals surface area (Å²) < 4.78 is 89.1. The van der Waals surface area contributed by atoms with Gasteiger partial charge in [-0.1, -0.05) is 48.5 Å². The second kappa shape index (κ2) is 9.53. The minimum Gasteiger partial charge on any atom is -0.201 e. The average Bonchev–Trinajstić information content (AvgIpc) is 3.72. The van der Waals surface area contributed by atoms with Crippen molar-refractivity contribution >= 4 is 0 Å². The van der Waals surface area contributed by atoms with Crippen LogP contribution in [-0.4, -0.2) is 0 Å². The van der Waals surface area contributed by atoms with Gasteiger partial charge in [0.1, 0.15) is 7.05 Å². The maximum Gasteiger partial charge on any atom is 0.416 e. The van der Waals surface area contributed by atoms with E-state index in [9.17, 15) is 26.3 Å². The molecule has 3 unspecified atom stereocenters. The van der Waals surface area contributed by atoms with E-state index in [-0.39, 0.29) is 29.2 Å². The Bertz CT molecular complexity index is 1890. The fraction of sp³-hybridized carbons (Fsp3) is 0.200. The van der Waals surface area contributed by atoms with Crippen molar-refractivity contribution in [2.75, 3.05) is 0 Å². The molecule has 0 spiro atoms. The smallest absolute Gasteiger partial charge is 0.201 e. The Labute approximate surface area is 244 Å². The number of hydrogen-bond acceptors (Lipinski definition) is 0. The van der Waals surface area contributed by atoms with Crippen LogP contribution in [0.15, 0.2) is 103 Å². The summed E-state index contributed by atoms with van der Waals surface area (Å²) in [6.07, 6.45) is -6.08. The molecule has 1 saturated carbocycles. The van der Waals surface area contributed by atoms with Crippen molar-refractivity contribution in [3.63, 3.8) is 0 Å². The molecular weight excluding hydrogens is 562 g/mol. The third-order valence-electron chi connectivity index (χ3n) is 8.70. The molecule has 0 amide bonds. The van der Waals surface area contributed by atoms with Crippen LogP contribution in [-0.2, 0) is 19.4 Å². The lowest BCUT2D eigenvalue weighted by molar-refractivity contribution is -0.693.